The van der Waals surface area contributed by atoms with Gasteiger partial charge in [-0.2, -0.15) is 5.10 Å². The molecule has 0 bridgehead atoms. The second-order valence-electron chi connectivity index (χ2n) is 11.1. The summed E-state index contributed by atoms with van der Waals surface area (Å²) in [6.07, 6.45) is 0. The highest BCUT2D eigenvalue weighted by Gasteiger charge is 2.41. The molecule has 2 aliphatic rings. The number of amidine groups is 2. The number of para-hydroxylation sites is 3. The summed E-state index contributed by atoms with van der Waals surface area (Å²) >= 11 is 0. The van der Waals surface area contributed by atoms with E-state index in [4.69, 9.17) is 19.8 Å². The van der Waals surface area contributed by atoms with Crippen molar-refractivity contribution in [3.63, 3.8) is 0 Å². The van der Waals surface area contributed by atoms with Crippen LogP contribution in [0.2, 0.25) is 0 Å². The van der Waals surface area contributed by atoms with E-state index in [2.05, 4.69) is 45.4 Å². The maximum absolute atomic E-state index is 12.3. The van der Waals surface area contributed by atoms with Gasteiger partial charge in [-0.15, -0.1) is 0 Å². The second kappa shape index (κ2) is 11.4. The Morgan fingerprint density at radius 3 is 2.31 bits per heavy atom. The van der Waals surface area contributed by atoms with Crippen molar-refractivity contribution in [3.8, 4) is 5.69 Å². The van der Waals surface area contributed by atoms with E-state index in [-0.39, 0.29) is 12.0 Å². The van der Waals surface area contributed by atoms with Crippen molar-refractivity contribution in [2.45, 2.75) is 19.9 Å². The predicted molar refractivity (Wildman–Crippen MR) is 180 cm³/mol. The van der Waals surface area contributed by atoms with Crippen LogP contribution >= 0.6 is 0 Å². The molecule has 9 nitrogen and oxygen atoms in total. The predicted octanol–water partition coefficient (Wildman–Crippen LogP) is 7.22. The third-order valence-corrected chi connectivity index (χ3v) is 8.02. The molecule has 1 aromatic heterocycles. The molecule has 1 atom stereocenters. The first-order valence-corrected chi connectivity index (χ1v) is 15.0. The molecule has 0 fully saturated rings. The molecule has 0 saturated heterocycles. The summed E-state index contributed by atoms with van der Waals surface area (Å²) in [4.78, 5) is 27.0. The van der Waals surface area contributed by atoms with Gasteiger partial charge in [-0.05, 0) is 80.1 Å². The van der Waals surface area contributed by atoms with Gasteiger partial charge in [0.15, 0.2) is 17.5 Å². The van der Waals surface area contributed by atoms with Gasteiger partial charge in [-0.3, -0.25) is 0 Å². The Kier molecular flexibility index (Phi) is 7.13. The van der Waals surface area contributed by atoms with E-state index in [0.29, 0.717) is 23.8 Å². The summed E-state index contributed by atoms with van der Waals surface area (Å²) in [5, 5.41) is 8.52. The average Bonchev–Trinajstić information content (AvgIpc) is 3.40. The number of ether oxygens (including phenoxy) is 1. The van der Waals surface area contributed by atoms with Gasteiger partial charge in [-0.25, -0.2) is 19.5 Å². The molecule has 3 heterocycles. The molecular weight excluding hydrogens is 562 g/mol. The monoisotopic (exact) mass is 595 g/mol. The van der Waals surface area contributed by atoms with Crippen LogP contribution in [0.3, 0.4) is 0 Å². The lowest BCUT2D eigenvalue weighted by atomic mass is 9.93. The molecule has 7 rings (SSSR count). The van der Waals surface area contributed by atoms with Gasteiger partial charge < -0.3 is 19.9 Å². The van der Waals surface area contributed by atoms with Crippen molar-refractivity contribution in [3.05, 3.63) is 126 Å². The third-order valence-electron chi connectivity index (χ3n) is 8.02. The number of carbonyl (C=O) groups is 1. The summed E-state index contributed by atoms with van der Waals surface area (Å²) < 4.78 is 7.08. The maximum Gasteiger partial charge on any atom is 0.338 e. The largest absolute Gasteiger partial charge is 0.462 e. The summed E-state index contributed by atoms with van der Waals surface area (Å²) in [5.74, 6) is 1.68. The number of carbonyl (C=O) groups excluding carboxylic acids is 1. The Hall–Kier alpha value is -5.70. The Morgan fingerprint density at radius 2 is 1.60 bits per heavy atom. The van der Waals surface area contributed by atoms with Gasteiger partial charge in [0.25, 0.3) is 0 Å². The molecule has 0 amide bonds. The summed E-state index contributed by atoms with van der Waals surface area (Å²) in [7, 11) is 4.09. The number of aliphatic imine (C=N–C) groups is 2. The molecule has 9 heteroatoms. The fourth-order valence-corrected chi connectivity index (χ4v) is 5.86. The van der Waals surface area contributed by atoms with Gasteiger partial charge in [0.1, 0.15) is 0 Å². The molecule has 45 heavy (non-hydrogen) atoms. The van der Waals surface area contributed by atoms with Crippen molar-refractivity contribution in [1.29, 1.82) is 0 Å². The highest BCUT2D eigenvalue weighted by atomic mass is 16.5. The topological polar surface area (TPSA) is 87.3 Å². The molecule has 5 aromatic rings. The van der Waals surface area contributed by atoms with Crippen LogP contribution in [0, 0.1) is 6.92 Å². The van der Waals surface area contributed by atoms with Crippen molar-refractivity contribution in [1.82, 2.24) is 9.78 Å². The molecule has 1 N–H and O–H groups in total. The number of aromatic nitrogens is 2. The van der Waals surface area contributed by atoms with Crippen LogP contribution in [0.25, 0.3) is 5.69 Å². The Morgan fingerprint density at radius 1 is 0.889 bits per heavy atom. The van der Waals surface area contributed by atoms with Gasteiger partial charge in [-0.1, -0.05) is 42.5 Å². The molecule has 224 valence electrons. The highest BCUT2D eigenvalue weighted by Crippen LogP contribution is 2.48. The molecule has 4 aromatic carbocycles. The van der Waals surface area contributed by atoms with E-state index in [1.54, 1.807) is 19.1 Å². The van der Waals surface area contributed by atoms with E-state index in [0.717, 1.165) is 51.1 Å². The van der Waals surface area contributed by atoms with E-state index in [1.807, 2.05) is 86.4 Å². The number of rotatable bonds is 6. The van der Waals surface area contributed by atoms with Crippen LogP contribution in [0.1, 0.15) is 40.1 Å². The van der Waals surface area contributed by atoms with Crippen molar-refractivity contribution < 1.29 is 9.53 Å². The Balaban J connectivity index is 1.41. The number of hydrogen-bond donors (Lipinski definition) is 1. The van der Waals surface area contributed by atoms with Crippen molar-refractivity contribution >= 4 is 46.2 Å². The van der Waals surface area contributed by atoms with Crippen LogP contribution in [-0.4, -0.2) is 48.1 Å². The first kappa shape index (κ1) is 28.1. The van der Waals surface area contributed by atoms with E-state index >= 15 is 0 Å². The molecule has 0 saturated carbocycles. The van der Waals surface area contributed by atoms with Gasteiger partial charge in [0.2, 0.25) is 0 Å². The zero-order valence-electron chi connectivity index (χ0n) is 25.6. The molecule has 2 aliphatic heterocycles. The zero-order chi connectivity index (χ0) is 31.1. The quantitative estimate of drug-likeness (QED) is 0.209. The first-order valence-electron chi connectivity index (χ1n) is 15.0. The Labute approximate surface area is 262 Å². The lowest BCUT2D eigenvalue weighted by Crippen LogP contribution is -2.46. The van der Waals surface area contributed by atoms with Crippen LogP contribution < -0.4 is 15.1 Å². The van der Waals surface area contributed by atoms with Crippen LogP contribution in [0.15, 0.2) is 113 Å². The summed E-state index contributed by atoms with van der Waals surface area (Å²) in [5.41, 5.74) is 8.15. The number of nitrogens with zero attached hydrogens (tertiary/aromatic N) is 6. The molecule has 0 spiro atoms. The first-order chi connectivity index (χ1) is 21.9. The van der Waals surface area contributed by atoms with E-state index < -0.39 is 0 Å². The van der Waals surface area contributed by atoms with Crippen molar-refractivity contribution in [2.75, 3.05) is 35.8 Å². The number of anilines is 3. The van der Waals surface area contributed by atoms with Gasteiger partial charge >= 0.3 is 5.97 Å². The van der Waals surface area contributed by atoms with Gasteiger partial charge in [0.05, 0.1) is 41.0 Å². The zero-order valence-corrected chi connectivity index (χ0v) is 25.6. The number of fused-ring (bicyclic) bond motifs is 4. The number of aryl methyl sites for hydroxylation is 1. The van der Waals surface area contributed by atoms with Crippen LogP contribution in [0.5, 0.6) is 0 Å². The second-order valence-corrected chi connectivity index (χ2v) is 11.1. The minimum atomic E-state index is -0.351. The molecular formula is C36H33N7O2. The van der Waals surface area contributed by atoms with Crippen LogP contribution in [-0.2, 0) is 4.74 Å². The lowest BCUT2D eigenvalue weighted by Gasteiger charge is -2.40. The standard InChI is InChI=1S/C36H33N7O2/c1-5-45-36(44)25-15-19-26(20-16-25)37-33-35-39-34-31(23(2)40-43(34)28-11-7-6-8-12-28)32(24-17-21-27(22-18-24)41(3)4)42(35)30-14-10-9-13-29(30)38-33/h6-22,32H,5H2,1-4H3,(H,37,38)/t32-/m0/s1. The third kappa shape index (κ3) is 5.02. The highest BCUT2D eigenvalue weighted by molar-refractivity contribution is 6.51. The minimum Gasteiger partial charge on any atom is -0.462 e. The Bertz CT molecular complexity index is 1940. The maximum atomic E-state index is 12.3. The normalized spacial score (nSPS) is 14.8. The average molecular weight is 596 g/mol. The van der Waals surface area contributed by atoms with Gasteiger partial charge in [0, 0.05) is 31.0 Å². The number of hydrogen-bond acceptors (Lipinski definition) is 8. The van der Waals surface area contributed by atoms with Crippen molar-refractivity contribution in [2.24, 2.45) is 9.98 Å². The van der Waals surface area contributed by atoms with Crippen LogP contribution in [0.4, 0.5) is 28.6 Å². The van der Waals surface area contributed by atoms with E-state index in [1.165, 1.54) is 0 Å². The summed E-state index contributed by atoms with van der Waals surface area (Å²) in [6.45, 7) is 4.17. The number of benzene rings is 4. The number of esters is 1. The molecule has 0 unspecified atom stereocenters. The molecule has 0 aliphatic carbocycles. The SMILES string of the molecule is CCOC(=O)c1ccc(NC2=Nc3ccccc3N3C2=Nc2c(c(C)nn2-c2ccccc2)[C@@H]3c2ccc(N(C)C)cc2)cc1. The minimum absolute atomic E-state index is 0.221. The number of nitrogens with one attached hydrogen (secondary N) is 1. The lowest BCUT2D eigenvalue weighted by molar-refractivity contribution is 0.0526. The van der Waals surface area contributed by atoms with E-state index in [9.17, 15) is 4.79 Å². The fraction of sp³-hybridized carbons (Fsp3) is 0.167. The molecule has 0 radical (unpaired) electrons. The smallest absolute Gasteiger partial charge is 0.338 e. The fourth-order valence-electron chi connectivity index (χ4n) is 5.86. The summed E-state index contributed by atoms with van der Waals surface area (Å²) in [6, 6.07) is 33.8.